The van der Waals surface area contributed by atoms with Gasteiger partial charge in [0.05, 0.1) is 23.0 Å². The normalized spacial score (nSPS) is 12.4. The molecule has 0 saturated heterocycles. The van der Waals surface area contributed by atoms with Crippen LogP contribution in [0.2, 0.25) is 0 Å². The van der Waals surface area contributed by atoms with Crippen molar-refractivity contribution in [1.29, 1.82) is 0 Å². The van der Waals surface area contributed by atoms with E-state index in [0.717, 1.165) is 27.9 Å². The molecule has 3 rings (SSSR count). The van der Waals surface area contributed by atoms with E-state index >= 15 is 0 Å². The van der Waals surface area contributed by atoms with Crippen LogP contribution in [0.3, 0.4) is 0 Å². The second-order valence-electron chi connectivity index (χ2n) is 6.49. The SMILES string of the molecule is CCOCc1nc2cnc3cccnc3c2n1CCCCS(=O)(=O)N(C)C. The average molecular weight is 391 g/mol. The zero-order chi connectivity index (χ0) is 19.4. The van der Waals surface area contributed by atoms with Crippen molar-refractivity contribution in [2.24, 2.45) is 0 Å². The molecule has 0 fully saturated rings. The molecule has 0 radical (unpaired) electrons. The number of aromatic nitrogens is 4. The molecule has 8 nitrogen and oxygen atoms in total. The number of unbranched alkanes of at least 4 members (excludes halogenated alkanes) is 1. The van der Waals surface area contributed by atoms with E-state index in [-0.39, 0.29) is 5.75 Å². The Morgan fingerprint density at radius 1 is 1.19 bits per heavy atom. The van der Waals surface area contributed by atoms with Crippen molar-refractivity contribution in [3.05, 3.63) is 30.4 Å². The van der Waals surface area contributed by atoms with Gasteiger partial charge in [-0.05, 0) is 31.9 Å². The van der Waals surface area contributed by atoms with Crippen molar-refractivity contribution in [2.45, 2.75) is 32.9 Å². The van der Waals surface area contributed by atoms with Crippen molar-refractivity contribution >= 4 is 32.1 Å². The van der Waals surface area contributed by atoms with Gasteiger partial charge >= 0.3 is 0 Å². The first-order chi connectivity index (χ1) is 12.9. The molecular weight excluding hydrogens is 366 g/mol. The summed E-state index contributed by atoms with van der Waals surface area (Å²) in [4.78, 5) is 13.6. The summed E-state index contributed by atoms with van der Waals surface area (Å²) in [7, 11) is -0.0608. The molecule has 27 heavy (non-hydrogen) atoms. The molecule has 0 aliphatic rings. The number of pyridine rings is 2. The summed E-state index contributed by atoms with van der Waals surface area (Å²) in [6, 6.07) is 3.78. The minimum Gasteiger partial charge on any atom is -0.374 e. The van der Waals surface area contributed by atoms with Crippen molar-refractivity contribution in [1.82, 2.24) is 23.8 Å². The number of imidazole rings is 1. The van der Waals surface area contributed by atoms with Crippen LogP contribution in [0.1, 0.15) is 25.6 Å². The van der Waals surface area contributed by atoms with Crippen LogP contribution in [0.25, 0.3) is 22.1 Å². The molecule has 3 aromatic heterocycles. The quantitative estimate of drug-likeness (QED) is 0.519. The van der Waals surface area contributed by atoms with Crippen molar-refractivity contribution in [3.63, 3.8) is 0 Å². The van der Waals surface area contributed by atoms with Gasteiger partial charge in [0.1, 0.15) is 23.5 Å². The third kappa shape index (κ3) is 4.26. The lowest BCUT2D eigenvalue weighted by Gasteiger charge is -2.12. The van der Waals surface area contributed by atoms with E-state index in [1.807, 2.05) is 19.1 Å². The van der Waals surface area contributed by atoms with Crippen LogP contribution in [0.4, 0.5) is 0 Å². The van der Waals surface area contributed by atoms with E-state index in [1.54, 1.807) is 26.5 Å². The van der Waals surface area contributed by atoms with E-state index in [4.69, 9.17) is 4.74 Å². The molecule has 0 aliphatic carbocycles. The summed E-state index contributed by atoms with van der Waals surface area (Å²) in [5.41, 5.74) is 3.30. The Labute approximate surface area is 159 Å². The third-order valence-corrected chi connectivity index (χ3v) is 6.35. The fourth-order valence-corrected chi connectivity index (χ4v) is 3.89. The zero-order valence-corrected chi connectivity index (χ0v) is 16.7. The van der Waals surface area contributed by atoms with Crippen LogP contribution in [-0.4, -0.2) is 58.7 Å². The Hall–Kier alpha value is -2.10. The van der Waals surface area contributed by atoms with Gasteiger partial charge in [0.25, 0.3) is 0 Å². The Balaban J connectivity index is 1.90. The van der Waals surface area contributed by atoms with E-state index in [0.29, 0.717) is 32.6 Å². The molecule has 0 amide bonds. The van der Waals surface area contributed by atoms with Crippen LogP contribution >= 0.6 is 0 Å². The van der Waals surface area contributed by atoms with E-state index < -0.39 is 10.0 Å². The van der Waals surface area contributed by atoms with Gasteiger partial charge in [0.15, 0.2) is 0 Å². The summed E-state index contributed by atoms with van der Waals surface area (Å²) in [5.74, 6) is 0.941. The number of nitrogens with zero attached hydrogens (tertiary/aromatic N) is 5. The number of hydrogen-bond donors (Lipinski definition) is 0. The van der Waals surface area contributed by atoms with Gasteiger partial charge in [-0.25, -0.2) is 17.7 Å². The maximum atomic E-state index is 12.0. The third-order valence-electron chi connectivity index (χ3n) is 4.44. The lowest BCUT2D eigenvalue weighted by Crippen LogP contribution is -2.25. The van der Waals surface area contributed by atoms with Gasteiger partial charge in [-0.2, -0.15) is 0 Å². The molecule has 0 saturated carbocycles. The number of fused-ring (bicyclic) bond motifs is 3. The highest BCUT2D eigenvalue weighted by Crippen LogP contribution is 2.24. The first kappa shape index (κ1) is 19.7. The molecule has 0 aliphatic heterocycles. The summed E-state index contributed by atoms with van der Waals surface area (Å²) in [6.45, 7) is 3.59. The van der Waals surface area contributed by atoms with Crippen LogP contribution in [0, 0.1) is 0 Å². The predicted octanol–water partition coefficient (Wildman–Crippen LogP) is 2.19. The van der Waals surface area contributed by atoms with Crippen molar-refractivity contribution in [3.8, 4) is 0 Å². The van der Waals surface area contributed by atoms with Crippen LogP contribution in [-0.2, 0) is 27.9 Å². The summed E-state index contributed by atoms with van der Waals surface area (Å²) >= 11 is 0. The van der Waals surface area contributed by atoms with Crippen LogP contribution < -0.4 is 0 Å². The number of ether oxygens (including phenoxy) is 1. The Bertz CT molecular complexity index is 1030. The van der Waals surface area contributed by atoms with Crippen molar-refractivity contribution < 1.29 is 13.2 Å². The van der Waals surface area contributed by atoms with Gasteiger partial charge < -0.3 is 9.30 Å². The fourth-order valence-electron chi connectivity index (χ4n) is 2.95. The molecule has 9 heteroatoms. The molecule has 3 aromatic rings. The molecule has 0 N–H and O–H groups in total. The predicted molar refractivity (Wildman–Crippen MR) is 105 cm³/mol. The number of rotatable bonds is 9. The molecule has 146 valence electrons. The molecule has 0 spiro atoms. The number of aryl methyl sites for hydroxylation is 1. The summed E-state index contributed by atoms with van der Waals surface area (Å²) < 4.78 is 32.8. The van der Waals surface area contributed by atoms with Gasteiger partial charge in [0, 0.05) is 33.4 Å². The fraction of sp³-hybridized carbons (Fsp3) is 0.500. The highest BCUT2D eigenvalue weighted by atomic mass is 32.2. The Kier molecular flexibility index (Phi) is 6.03. The minimum absolute atomic E-state index is 0.133. The van der Waals surface area contributed by atoms with E-state index in [9.17, 15) is 8.42 Å². The first-order valence-electron chi connectivity index (χ1n) is 9.01. The Morgan fingerprint density at radius 2 is 2.00 bits per heavy atom. The average Bonchev–Trinajstić information content (AvgIpc) is 3.01. The molecule has 0 aromatic carbocycles. The molecular formula is C18H25N5O3S. The standard InChI is InChI=1S/C18H25N5O3S/c1-4-26-13-16-21-15-12-20-14-8-7-9-19-17(14)18(15)23(16)10-5-6-11-27(24,25)22(2)3/h7-9,12H,4-6,10-11,13H2,1-3H3. The highest BCUT2D eigenvalue weighted by Gasteiger charge is 2.16. The monoisotopic (exact) mass is 391 g/mol. The van der Waals surface area contributed by atoms with Crippen LogP contribution in [0.5, 0.6) is 0 Å². The van der Waals surface area contributed by atoms with Crippen LogP contribution in [0.15, 0.2) is 24.5 Å². The van der Waals surface area contributed by atoms with E-state index in [1.165, 1.54) is 4.31 Å². The molecule has 3 heterocycles. The molecule has 0 atom stereocenters. The number of sulfonamides is 1. The second kappa shape index (κ2) is 8.28. The maximum absolute atomic E-state index is 12.0. The van der Waals surface area contributed by atoms with Gasteiger partial charge in [-0.15, -0.1) is 0 Å². The lowest BCUT2D eigenvalue weighted by molar-refractivity contribution is 0.126. The number of hydrogen-bond acceptors (Lipinski definition) is 6. The van der Waals surface area contributed by atoms with Gasteiger partial charge in [-0.3, -0.25) is 9.97 Å². The lowest BCUT2D eigenvalue weighted by atomic mass is 10.2. The molecule has 0 unspecified atom stereocenters. The smallest absolute Gasteiger partial charge is 0.213 e. The van der Waals surface area contributed by atoms with Crippen molar-refractivity contribution in [2.75, 3.05) is 26.5 Å². The summed E-state index contributed by atoms with van der Waals surface area (Å²) in [6.07, 6.45) is 4.79. The first-order valence-corrected chi connectivity index (χ1v) is 10.6. The van der Waals surface area contributed by atoms with Gasteiger partial charge in [0.2, 0.25) is 10.0 Å². The highest BCUT2D eigenvalue weighted by molar-refractivity contribution is 7.89. The Morgan fingerprint density at radius 3 is 2.74 bits per heavy atom. The zero-order valence-electron chi connectivity index (χ0n) is 15.9. The second-order valence-corrected chi connectivity index (χ2v) is 8.79. The largest absolute Gasteiger partial charge is 0.374 e. The van der Waals surface area contributed by atoms with E-state index in [2.05, 4.69) is 19.5 Å². The maximum Gasteiger partial charge on any atom is 0.213 e. The minimum atomic E-state index is -3.18. The van der Waals surface area contributed by atoms with Gasteiger partial charge in [-0.1, -0.05) is 0 Å². The molecule has 0 bridgehead atoms. The topological polar surface area (TPSA) is 90.2 Å². The summed E-state index contributed by atoms with van der Waals surface area (Å²) in [5, 5.41) is 0.